The highest BCUT2D eigenvalue weighted by Gasteiger charge is 2.16. The number of aromatic nitrogens is 2. The average molecular weight is 318 g/mol. The van der Waals surface area contributed by atoms with Gasteiger partial charge in [0.15, 0.2) is 0 Å². The van der Waals surface area contributed by atoms with Gasteiger partial charge in [-0.05, 0) is 43.7 Å². The molecule has 0 saturated carbocycles. The molecule has 1 aromatic heterocycles. The summed E-state index contributed by atoms with van der Waals surface area (Å²) in [7, 11) is 0. The summed E-state index contributed by atoms with van der Waals surface area (Å²) in [5.41, 5.74) is 2.12. The summed E-state index contributed by atoms with van der Waals surface area (Å²) in [5, 5.41) is 10.4. The summed E-state index contributed by atoms with van der Waals surface area (Å²) >= 11 is 0. The molecule has 0 spiro atoms. The third-order valence-corrected chi connectivity index (χ3v) is 3.53. The van der Waals surface area contributed by atoms with E-state index in [0.29, 0.717) is 18.5 Å². The van der Waals surface area contributed by atoms with Gasteiger partial charge in [0.1, 0.15) is 5.82 Å². The summed E-state index contributed by atoms with van der Waals surface area (Å²) in [6.07, 6.45) is 3.30. The van der Waals surface area contributed by atoms with Gasteiger partial charge in [-0.25, -0.2) is 9.07 Å². The van der Waals surface area contributed by atoms with Crippen LogP contribution in [0.15, 0.2) is 30.5 Å². The Morgan fingerprint density at radius 1 is 1.17 bits per heavy atom. The average Bonchev–Trinajstić information content (AvgIpc) is 2.99. The van der Waals surface area contributed by atoms with Gasteiger partial charge in [-0.3, -0.25) is 4.79 Å². The second-order valence-corrected chi connectivity index (χ2v) is 5.25. The quantitative estimate of drug-likeness (QED) is 0.734. The fourth-order valence-corrected chi connectivity index (χ4v) is 2.37. The van der Waals surface area contributed by atoms with E-state index in [-0.39, 0.29) is 11.7 Å². The molecule has 1 aromatic carbocycles. The maximum atomic E-state index is 13.0. The van der Waals surface area contributed by atoms with E-state index in [2.05, 4.69) is 22.7 Å². The first-order chi connectivity index (χ1) is 11.2. The lowest BCUT2D eigenvalue weighted by molar-refractivity contribution is 0.0953. The molecule has 2 N–H and O–H groups in total. The van der Waals surface area contributed by atoms with Crippen molar-refractivity contribution in [2.45, 2.75) is 26.7 Å². The predicted molar refractivity (Wildman–Crippen MR) is 88.4 cm³/mol. The first kappa shape index (κ1) is 17.1. The van der Waals surface area contributed by atoms with Crippen LogP contribution in [-0.4, -0.2) is 35.3 Å². The van der Waals surface area contributed by atoms with Crippen molar-refractivity contribution < 1.29 is 9.18 Å². The predicted octanol–water partition coefficient (Wildman–Crippen LogP) is 2.30. The highest BCUT2D eigenvalue weighted by atomic mass is 19.1. The van der Waals surface area contributed by atoms with Crippen molar-refractivity contribution in [2.24, 2.45) is 0 Å². The molecule has 0 bridgehead atoms. The zero-order valence-electron chi connectivity index (χ0n) is 13.6. The minimum Gasteiger partial charge on any atom is -0.351 e. The monoisotopic (exact) mass is 318 g/mol. The molecule has 5 nitrogen and oxygen atoms in total. The highest BCUT2D eigenvalue weighted by Crippen LogP contribution is 2.16. The minimum absolute atomic E-state index is 0.131. The Balaban J connectivity index is 2.08. The van der Waals surface area contributed by atoms with Crippen molar-refractivity contribution in [1.82, 2.24) is 20.4 Å². The molecule has 0 aliphatic rings. The van der Waals surface area contributed by atoms with E-state index in [4.69, 9.17) is 0 Å². The number of carbonyl (C=O) groups excluding carboxylic acids is 1. The van der Waals surface area contributed by atoms with Crippen molar-refractivity contribution in [3.63, 3.8) is 0 Å². The number of amides is 1. The third kappa shape index (κ3) is 4.39. The molecule has 1 amide bonds. The molecular formula is C17H23FN4O. The second-order valence-electron chi connectivity index (χ2n) is 5.25. The number of rotatable bonds is 8. The van der Waals surface area contributed by atoms with Crippen molar-refractivity contribution in [3.8, 4) is 5.69 Å². The van der Waals surface area contributed by atoms with Crippen LogP contribution in [-0.2, 0) is 6.42 Å². The van der Waals surface area contributed by atoms with E-state index in [0.717, 1.165) is 30.9 Å². The van der Waals surface area contributed by atoms with Crippen LogP contribution < -0.4 is 10.6 Å². The summed E-state index contributed by atoms with van der Waals surface area (Å²) in [5.74, 6) is -0.426. The van der Waals surface area contributed by atoms with Gasteiger partial charge in [0.2, 0.25) is 0 Å². The van der Waals surface area contributed by atoms with Gasteiger partial charge in [0.25, 0.3) is 5.91 Å². The Labute approximate surface area is 135 Å². The van der Waals surface area contributed by atoms with Crippen LogP contribution in [0.4, 0.5) is 4.39 Å². The summed E-state index contributed by atoms with van der Waals surface area (Å²) < 4.78 is 14.7. The Morgan fingerprint density at radius 2 is 1.91 bits per heavy atom. The molecule has 6 heteroatoms. The summed E-state index contributed by atoms with van der Waals surface area (Å²) in [4.78, 5) is 12.3. The number of hydrogen-bond acceptors (Lipinski definition) is 3. The molecule has 0 fully saturated rings. The topological polar surface area (TPSA) is 58.9 Å². The van der Waals surface area contributed by atoms with Crippen LogP contribution >= 0.6 is 0 Å². The molecule has 0 saturated heterocycles. The Morgan fingerprint density at radius 3 is 2.57 bits per heavy atom. The van der Waals surface area contributed by atoms with E-state index >= 15 is 0 Å². The van der Waals surface area contributed by atoms with Gasteiger partial charge >= 0.3 is 0 Å². The van der Waals surface area contributed by atoms with Gasteiger partial charge in [-0.2, -0.15) is 5.10 Å². The standard InChI is InChI=1S/C17H23FN4O/c1-3-9-19-10-11-20-17(23)15-12-21-22(16(15)4-2)14-7-5-13(18)6-8-14/h5-8,12,19H,3-4,9-11H2,1-2H3,(H,20,23). The molecule has 0 aliphatic heterocycles. The molecule has 124 valence electrons. The maximum absolute atomic E-state index is 13.0. The number of hydrogen-bond donors (Lipinski definition) is 2. The lowest BCUT2D eigenvalue weighted by Gasteiger charge is -2.09. The van der Waals surface area contributed by atoms with E-state index in [1.807, 2.05) is 6.92 Å². The lowest BCUT2D eigenvalue weighted by Crippen LogP contribution is -2.32. The highest BCUT2D eigenvalue weighted by molar-refractivity contribution is 5.95. The van der Waals surface area contributed by atoms with E-state index < -0.39 is 0 Å². The maximum Gasteiger partial charge on any atom is 0.254 e. The zero-order valence-corrected chi connectivity index (χ0v) is 13.6. The number of benzene rings is 1. The first-order valence-electron chi connectivity index (χ1n) is 7.99. The molecule has 2 aromatic rings. The number of nitrogens with zero attached hydrogens (tertiary/aromatic N) is 2. The van der Waals surface area contributed by atoms with Gasteiger partial charge < -0.3 is 10.6 Å². The molecule has 0 atom stereocenters. The van der Waals surface area contributed by atoms with Gasteiger partial charge in [-0.15, -0.1) is 0 Å². The second kappa shape index (κ2) is 8.43. The van der Waals surface area contributed by atoms with Gasteiger partial charge in [0, 0.05) is 13.1 Å². The van der Waals surface area contributed by atoms with Crippen molar-refractivity contribution in [1.29, 1.82) is 0 Å². The van der Waals surface area contributed by atoms with Crippen LogP contribution in [0, 0.1) is 5.82 Å². The Bertz CT molecular complexity index is 637. The number of carbonyl (C=O) groups is 1. The van der Waals surface area contributed by atoms with Crippen LogP contribution in [0.25, 0.3) is 5.69 Å². The lowest BCUT2D eigenvalue weighted by atomic mass is 10.2. The van der Waals surface area contributed by atoms with Crippen molar-refractivity contribution in [3.05, 3.63) is 47.5 Å². The molecule has 23 heavy (non-hydrogen) atoms. The Kier molecular flexibility index (Phi) is 6.29. The SMILES string of the molecule is CCCNCCNC(=O)c1cnn(-c2ccc(F)cc2)c1CC. The van der Waals surface area contributed by atoms with Gasteiger partial charge in [-0.1, -0.05) is 13.8 Å². The van der Waals surface area contributed by atoms with E-state index in [1.165, 1.54) is 12.1 Å². The van der Waals surface area contributed by atoms with E-state index in [1.54, 1.807) is 23.0 Å². The van der Waals surface area contributed by atoms with Crippen molar-refractivity contribution >= 4 is 5.91 Å². The summed E-state index contributed by atoms with van der Waals surface area (Å²) in [6.45, 7) is 6.33. The van der Waals surface area contributed by atoms with Crippen LogP contribution in [0.3, 0.4) is 0 Å². The molecule has 0 radical (unpaired) electrons. The summed E-state index contributed by atoms with van der Waals surface area (Å²) in [6, 6.07) is 6.07. The van der Waals surface area contributed by atoms with Crippen LogP contribution in [0.5, 0.6) is 0 Å². The molecule has 0 aliphatic carbocycles. The fraction of sp³-hybridized carbons (Fsp3) is 0.412. The minimum atomic E-state index is -0.295. The molecule has 2 rings (SSSR count). The van der Waals surface area contributed by atoms with Crippen LogP contribution in [0.2, 0.25) is 0 Å². The van der Waals surface area contributed by atoms with Crippen molar-refractivity contribution in [2.75, 3.05) is 19.6 Å². The Hall–Kier alpha value is -2.21. The number of nitrogens with one attached hydrogen (secondary N) is 2. The molecular weight excluding hydrogens is 295 g/mol. The smallest absolute Gasteiger partial charge is 0.254 e. The molecule has 0 unspecified atom stereocenters. The normalized spacial score (nSPS) is 10.7. The van der Waals surface area contributed by atoms with Gasteiger partial charge in [0.05, 0.1) is 23.1 Å². The largest absolute Gasteiger partial charge is 0.351 e. The van der Waals surface area contributed by atoms with Crippen LogP contribution in [0.1, 0.15) is 36.3 Å². The zero-order chi connectivity index (χ0) is 16.7. The third-order valence-electron chi connectivity index (χ3n) is 3.53. The fourth-order valence-electron chi connectivity index (χ4n) is 2.37. The number of halogens is 1. The first-order valence-corrected chi connectivity index (χ1v) is 7.99. The molecule has 1 heterocycles. The van der Waals surface area contributed by atoms with E-state index in [9.17, 15) is 9.18 Å².